The van der Waals surface area contributed by atoms with Gasteiger partial charge in [0.25, 0.3) is 5.91 Å². The number of furan rings is 1. The Morgan fingerprint density at radius 1 is 1.18 bits per heavy atom. The van der Waals surface area contributed by atoms with Crippen LogP contribution in [0.25, 0.3) is 11.1 Å². The number of fused-ring (bicyclic) bond motifs is 1. The molecule has 1 aromatic carbocycles. The lowest BCUT2D eigenvalue weighted by molar-refractivity contribution is 0.0600. The number of rotatable bonds is 3. The number of amides is 1. The fourth-order valence-electron chi connectivity index (χ4n) is 1.98. The second kappa shape index (κ2) is 5.69. The molecule has 0 spiro atoms. The molecular weight excluding hydrogens is 284 g/mol. The van der Waals surface area contributed by atoms with Gasteiger partial charge < -0.3 is 14.5 Å². The number of pyridine rings is 1. The molecule has 0 atom stereocenters. The molecule has 0 aliphatic heterocycles. The predicted octanol–water partition coefficient (Wildman–Crippen LogP) is 2.87. The monoisotopic (exact) mass is 296 g/mol. The minimum atomic E-state index is -0.429. The van der Waals surface area contributed by atoms with Gasteiger partial charge in [0.1, 0.15) is 5.52 Å². The van der Waals surface area contributed by atoms with Crippen molar-refractivity contribution in [3.63, 3.8) is 0 Å². The average molecular weight is 296 g/mol. The number of aromatic nitrogens is 1. The van der Waals surface area contributed by atoms with Crippen molar-refractivity contribution in [2.45, 2.75) is 0 Å². The second-order valence-corrected chi connectivity index (χ2v) is 4.52. The van der Waals surface area contributed by atoms with Gasteiger partial charge in [-0.25, -0.2) is 4.79 Å². The third-order valence-corrected chi connectivity index (χ3v) is 3.08. The fraction of sp³-hybridized carbons (Fsp3) is 0.0625. The van der Waals surface area contributed by atoms with Gasteiger partial charge in [-0.15, -0.1) is 0 Å². The van der Waals surface area contributed by atoms with Crippen LogP contribution in [-0.4, -0.2) is 24.0 Å². The summed E-state index contributed by atoms with van der Waals surface area (Å²) in [7, 11) is 1.31. The molecule has 0 unspecified atom stereocenters. The lowest BCUT2D eigenvalue weighted by Crippen LogP contribution is -2.11. The Morgan fingerprint density at radius 2 is 1.95 bits per heavy atom. The van der Waals surface area contributed by atoms with Gasteiger partial charge in [0.2, 0.25) is 0 Å². The van der Waals surface area contributed by atoms with Gasteiger partial charge >= 0.3 is 5.97 Å². The van der Waals surface area contributed by atoms with Crippen LogP contribution < -0.4 is 5.32 Å². The Bertz CT molecular complexity index is 804. The van der Waals surface area contributed by atoms with Crippen LogP contribution in [0.4, 0.5) is 5.69 Å². The van der Waals surface area contributed by atoms with E-state index >= 15 is 0 Å². The topological polar surface area (TPSA) is 81.4 Å². The van der Waals surface area contributed by atoms with E-state index in [0.29, 0.717) is 22.4 Å². The van der Waals surface area contributed by atoms with Crippen molar-refractivity contribution in [3.8, 4) is 0 Å². The molecule has 0 radical (unpaired) electrons. The number of carbonyl (C=O) groups excluding carboxylic acids is 2. The van der Waals surface area contributed by atoms with Crippen molar-refractivity contribution in [1.82, 2.24) is 4.98 Å². The smallest absolute Gasteiger partial charge is 0.337 e. The lowest BCUT2D eigenvalue weighted by atomic mass is 10.2. The SMILES string of the molecule is COC(=O)c1ccc(NC(=O)c2cc3ncccc3o2)cc1. The highest BCUT2D eigenvalue weighted by Gasteiger charge is 2.13. The Labute approximate surface area is 125 Å². The molecule has 1 N–H and O–H groups in total. The molecule has 3 aromatic rings. The van der Waals surface area contributed by atoms with Crippen molar-refractivity contribution in [2.24, 2.45) is 0 Å². The normalized spacial score (nSPS) is 10.4. The van der Waals surface area contributed by atoms with Gasteiger partial charge in [-0.2, -0.15) is 0 Å². The summed E-state index contributed by atoms with van der Waals surface area (Å²) in [6.45, 7) is 0. The summed E-state index contributed by atoms with van der Waals surface area (Å²) in [5.41, 5.74) is 2.13. The van der Waals surface area contributed by atoms with Gasteiger partial charge in [0.15, 0.2) is 11.3 Å². The van der Waals surface area contributed by atoms with Crippen molar-refractivity contribution < 1.29 is 18.7 Å². The van der Waals surface area contributed by atoms with E-state index in [1.807, 2.05) is 0 Å². The van der Waals surface area contributed by atoms with Crippen molar-refractivity contribution in [3.05, 3.63) is 60.0 Å². The Kier molecular flexibility index (Phi) is 3.57. The van der Waals surface area contributed by atoms with Crippen LogP contribution in [-0.2, 0) is 4.74 Å². The summed E-state index contributed by atoms with van der Waals surface area (Å²) in [6, 6.07) is 11.4. The van der Waals surface area contributed by atoms with E-state index in [-0.39, 0.29) is 11.7 Å². The highest BCUT2D eigenvalue weighted by atomic mass is 16.5. The Balaban J connectivity index is 1.77. The molecule has 1 amide bonds. The molecule has 0 saturated heterocycles. The molecule has 6 heteroatoms. The summed E-state index contributed by atoms with van der Waals surface area (Å²) in [6.07, 6.45) is 1.63. The first-order valence-corrected chi connectivity index (χ1v) is 6.51. The van der Waals surface area contributed by atoms with Gasteiger partial charge in [0, 0.05) is 18.0 Å². The molecule has 0 bridgehead atoms. The highest BCUT2D eigenvalue weighted by Crippen LogP contribution is 2.18. The van der Waals surface area contributed by atoms with Crippen LogP contribution in [0.15, 0.2) is 53.1 Å². The maximum Gasteiger partial charge on any atom is 0.337 e. The molecule has 22 heavy (non-hydrogen) atoms. The van der Waals surface area contributed by atoms with Crippen molar-refractivity contribution in [1.29, 1.82) is 0 Å². The third kappa shape index (κ3) is 2.67. The summed E-state index contributed by atoms with van der Waals surface area (Å²) in [5.74, 6) is -0.643. The number of ether oxygens (including phenoxy) is 1. The van der Waals surface area contributed by atoms with E-state index in [1.165, 1.54) is 7.11 Å². The highest BCUT2D eigenvalue weighted by molar-refractivity contribution is 6.04. The van der Waals surface area contributed by atoms with Gasteiger partial charge in [-0.1, -0.05) is 0 Å². The molecular formula is C16H12N2O4. The summed E-state index contributed by atoms with van der Waals surface area (Å²) in [4.78, 5) is 27.6. The maximum atomic E-state index is 12.1. The van der Waals surface area contributed by atoms with Gasteiger partial charge in [-0.05, 0) is 36.4 Å². The zero-order valence-corrected chi connectivity index (χ0v) is 11.7. The summed E-state index contributed by atoms with van der Waals surface area (Å²) >= 11 is 0. The van der Waals surface area contributed by atoms with E-state index in [0.717, 1.165) is 0 Å². The molecule has 0 fully saturated rings. The van der Waals surface area contributed by atoms with Crippen LogP contribution in [0, 0.1) is 0 Å². The number of esters is 1. The molecule has 0 aliphatic rings. The number of methoxy groups -OCH3 is 1. The van der Waals surface area contributed by atoms with Gasteiger partial charge in [-0.3, -0.25) is 9.78 Å². The lowest BCUT2D eigenvalue weighted by Gasteiger charge is -2.04. The minimum absolute atomic E-state index is 0.172. The zero-order chi connectivity index (χ0) is 15.5. The summed E-state index contributed by atoms with van der Waals surface area (Å²) < 4.78 is 10.0. The van der Waals surface area contributed by atoms with E-state index in [4.69, 9.17) is 4.42 Å². The number of anilines is 1. The zero-order valence-electron chi connectivity index (χ0n) is 11.7. The first-order chi connectivity index (χ1) is 10.7. The number of benzene rings is 1. The van der Waals surface area contributed by atoms with Crippen LogP contribution in [0.5, 0.6) is 0 Å². The molecule has 2 aromatic heterocycles. The molecule has 2 heterocycles. The predicted molar refractivity (Wildman–Crippen MR) is 79.7 cm³/mol. The molecule has 3 rings (SSSR count). The number of carbonyl (C=O) groups is 2. The number of nitrogens with zero attached hydrogens (tertiary/aromatic N) is 1. The maximum absolute atomic E-state index is 12.1. The molecule has 0 aliphatic carbocycles. The largest absolute Gasteiger partial charge is 0.465 e. The quantitative estimate of drug-likeness (QED) is 0.751. The fourth-order valence-corrected chi connectivity index (χ4v) is 1.98. The molecule has 6 nitrogen and oxygen atoms in total. The van der Waals surface area contributed by atoms with Gasteiger partial charge in [0.05, 0.1) is 12.7 Å². The molecule has 110 valence electrons. The van der Waals surface area contributed by atoms with Crippen molar-refractivity contribution in [2.75, 3.05) is 12.4 Å². The van der Waals surface area contributed by atoms with Crippen LogP contribution in [0.1, 0.15) is 20.9 Å². The van der Waals surface area contributed by atoms with Crippen LogP contribution >= 0.6 is 0 Å². The van der Waals surface area contributed by atoms with Crippen LogP contribution in [0.3, 0.4) is 0 Å². The Morgan fingerprint density at radius 3 is 2.64 bits per heavy atom. The second-order valence-electron chi connectivity index (χ2n) is 4.52. The first kappa shape index (κ1) is 13.8. The first-order valence-electron chi connectivity index (χ1n) is 6.51. The number of hydrogen-bond acceptors (Lipinski definition) is 5. The standard InChI is InChI=1S/C16H12N2O4/c1-21-16(20)10-4-6-11(7-5-10)18-15(19)14-9-12-13(22-14)3-2-8-17-12/h2-9H,1H3,(H,18,19). The van der Waals surface area contributed by atoms with E-state index < -0.39 is 5.97 Å². The number of nitrogens with one attached hydrogen (secondary N) is 1. The summed E-state index contributed by atoms with van der Waals surface area (Å²) in [5, 5.41) is 2.69. The van der Waals surface area contributed by atoms with E-state index in [2.05, 4.69) is 15.0 Å². The van der Waals surface area contributed by atoms with Crippen molar-refractivity contribution >= 4 is 28.7 Å². The van der Waals surface area contributed by atoms with Crippen LogP contribution in [0.2, 0.25) is 0 Å². The number of hydrogen-bond donors (Lipinski definition) is 1. The minimum Gasteiger partial charge on any atom is -0.465 e. The third-order valence-electron chi connectivity index (χ3n) is 3.08. The average Bonchev–Trinajstić information content (AvgIpc) is 2.99. The molecule has 0 saturated carbocycles. The van der Waals surface area contributed by atoms with E-state index in [9.17, 15) is 9.59 Å². The Hall–Kier alpha value is -3.15. The van der Waals surface area contributed by atoms with E-state index in [1.54, 1.807) is 48.7 Å².